The van der Waals surface area contributed by atoms with E-state index in [0.717, 1.165) is 31.1 Å². The van der Waals surface area contributed by atoms with Crippen molar-refractivity contribution in [1.29, 1.82) is 0 Å². The predicted molar refractivity (Wildman–Crippen MR) is 86.1 cm³/mol. The summed E-state index contributed by atoms with van der Waals surface area (Å²) in [5.41, 5.74) is 0.243. The lowest BCUT2D eigenvalue weighted by atomic mass is 9.75. The summed E-state index contributed by atoms with van der Waals surface area (Å²) in [6.07, 6.45) is 6.36. The molecule has 2 N–H and O–H groups in total. The summed E-state index contributed by atoms with van der Waals surface area (Å²) in [6.45, 7) is 3.87. The molecule has 0 aromatic carbocycles. The van der Waals surface area contributed by atoms with E-state index in [1.54, 1.807) is 13.4 Å². The fourth-order valence-corrected chi connectivity index (χ4v) is 2.68. The second kappa shape index (κ2) is 6.93. The van der Waals surface area contributed by atoms with Gasteiger partial charge < -0.3 is 20.3 Å². The zero-order valence-corrected chi connectivity index (χ0v) is 13.6. The van der Waals surface area contributed by atoms with Gasteiger partial charge in [-0.1, -0.05) is 6.92 Å². The smallest absolute Gasteiger partial charge is 0.204 e. The van der Waals surface area contributed by atoms with Crippen molar-refractivity contribution in [3.63, 3.8) is 0 Å². The maximum absolute atomic E-state index is 5.49. The van der Waals surface area contributed by atoms with Crippen LogP contribution in [0.15, 0.2) is 6.33 Å². The number of methoxy groups -OCH3 is 1. The van der Waals surface area contributed by atoms with E-state index in [2.05, 4.69) is 46.5 Å². The average molecular weight is 293 g/mol. The Balaban J connectivity index is 2.08. The van der Waals surface area contributed by atoms with Crippen LogP contribution in [0.2, 0.25) is 0 Å². The van der Waals surface area contributed by atoms with Crippen molar-refractivity contribution in [3.8, 4) is 5.75 Å². The summed E-state index contributed by atoms with van der Waals surface area (Å²) >= 11 is 0. The van der Waals surface area contributed by atoms with Crippen molar-refractivity contribution in [1.82, 2.24) is 14.9 Å². The Morgan fingerprint density at radius 2 is 1.90 bits per heavy atom. The molecule has 2 rings (SSSR count). The van der Waals surface area contributed by atoms with E-state index in [9.17, 15) is 0 Å². The first kappa shape index (κ1) is 15.8. The van der Waals surface area contributed by atoms with Gasteiger partial charge in [-0.3, -0.25) is 0 Å². The van der Waals surface area contributed by atoms with Crippen LogP contribution in [0.5, 0.6) is 5.75 Å². The summed E-state index contributed by atoms with van der Waals surface area (Å²) < 4.78 is 5.49. The molecule has 0 saturated heterocycles. The molecule has 1 aromatic rings. The minimum absolute atomic E-state index is 0.243. The summed E-state index contributed by atoms with van der Waals surface area (Å²) in [5.74, 6) is 2.21. The van der Waals surface area contributed by atoms with Crippen LogP contribution < -0.4 is 15.4 Å². The quantitative estimate of drug-likeness (QED) is 0.766. The van der Waals surface area contributed by atoms with Gasteiger partial charge in [0.05, 0.1) is 7.11 Å². The molecule has 1 heterocycles. The fourth-order valence-electron chi connectivity index (χ4n) is 2.68. The van der Waals surface area contributed by atoms with Crippen molar-refractivity contribution in [2.45, 2.75) is 38.1 Å². The normalized spacial score (nSPS) is 16.4. The topological polar surface area (TPSA) is 62.3 Å². The lowest BCUT2D eigenvalue weighted by molar-refractivity contribution is 0.0738. The van der Waals surface area contributed by atoms with E-state index in [0.29, 0.717) is 5.75 Å². The summed E-state index contributed by atoms with van der Waals surface area (Å²) in [6, 6.07) is 0. The Morgan fingerprint density at radius 1 is 1.24 bits per heavy atom. The number of hydrogen-bond acceptors (Lipinski definition) is 6. The second-order valence-electron chi connectivity index (χ2n) is 5.86. The molecule has 1 aliphatic carbocycles. The zero-order valence-electron chi connectivity index (χ0n) is 13.6. The molecule has 21 heavy (non-hydrogen) atoms. The number of anilines is 2. The summed E-state index contributed by atoms with van der Waals surface area (Å²) in [4.78, 5) is 10.9. The van der Waals surface area contributed by atoms with Gasteiger partial charge in [-0.2, -0.15) is 0 Å². The van der Waals surface area contributed by atoms with Gasteiger partial charge in [0.1, 0.15) is 6.33 Å². The SMILES string of the molecule is CCCNc1ncnc(NCC2(N(C)C)CCC2)c1OC. The van der Waals surface area contributed by atoms with Crippen LogP contribution in [0.1, 0.15) is 32.6 Å². The highest BCUT2D eigenvalue weighted by Crippen LogP contribution is 2.37. The van der Waals surface area contributed by atoms with Gasteiger partial charge in [-0.05, 0) is 39.8 Å². The molecule has 0 radical (unpaired) electrons. The highest BCUT2D eigenvalue weighted by molar-refractivity contribution is 5.63. The molecule has 0 unspecified atom stereocenters. The molecule has 0 spiro atoms. The largest absolute Gasteiger partial charge is 0.490 e. The minimum Gasteiger partial charge on any atom is -0.490 e. The van der Waals surface area contributed by atoms with E-state index >= 15 is 0 Å². The molecule has 1 aliphatic rings. The molecule has 1 fully saturated rings. The standard InChI is InChI=1S/C15H27N5O/c1-5-9-16-13-12(21-4)14(19-11-18-13)17-10-15(20(2)3)7-6-8-15/h11H,5-10H2,1-4H3,(H2,16,17,18,19). The first-order valence-electron chi connectivity index (χ1n) is 7.67. The Labute approximate surface area is 127 Å². The molecular weight excluding hydrogens is 266 g/mol. The first-order chi connectivity index (χ1) is 10.1. The zero-order chi connectivity index (χ0) is 15.3. The lowest BCUT2D eigenvalue weighted by Crippen LogP contribution is -2.54. The van der Waals surface area contributed by atoms with E-state index in [1.807, 2.05) is 0 Å². The molecule has 1 aromatic heterocycles. The molecule has 1 saturated carbocycles. The summed E-state index contributed by atoms with van der Waals surface area (Å²) in [7, 11) is 5.95. The Kier molecular flexibility index (Phi) is 5.22. The van der Waals surface area contributed by atoms with Crippen LogP contribution in [0.3, 0.4) is 0 Å². The first-order valence-corrected chi connectivity index (χ1v) is 7.67. The second-order valence-corrected chi connectivity index (χ2v) is 5.86. The minimum atomic E-state index is 0.243. The maximum Gasteiger partial charge on any atom is 0.204 e. The van der Waals surface area contributed by atoms with E-state index in [1.165, 1.54) is 19.3 Å². The van der Waals surface area contributed by atoms with Gasteiger partial charge in [-0.15, -0.1) is 0 Å². The van der Waals surface area contributed by atoms with Crippen LogP contribution in [-0.4, -0.2) is 54.7 Å². The number of hydrogen-bond donors (Lipinski definition) is 2. The number of rotatable bonds is 8. The van der Waals surface area contributed by atoms with Crippen LogP contribution in [0, 0.1) is 0 Å². The highest BCUT2D eigenvalue weighted by atomic mass is 16.5. The molecule has 118 valence electrons. The van der Waals surface area contributed by atoms with E-state index in [4.69, 9.17) is 4.74 Å². The Bertz CT molecular complexity index is 459. The molecule has 0 aliphatic heterocycles. The van der Waals surface area contributed by atoms with Crippen LogP contribution in [0.4, 0.5) is 11.6 Å². The predicted octanol–water partition coefficient (Wildman–Crippen LogP) is 2.20. The molecule has 0 atom stereocenters. The average Bonchev–Trinajstić information content (AvgIpc) is 2.43. The number of likely N-dealkylation sites (N-methyl/N-ethyl adjacent to an activating group) is 1. The van der Waals surface area contributed by atoms with Gasteiger partial charge in [0, 0.05) is 18.6 Å². The third-order valence-electron chi connectivity index (χ3n) is 4.37. The third kappa shape index (κ3) is 3.37. The van der Waals surface area contributed by atoms with E-state index in [-0.39, 0.29) is 5.54 Å². The van der Waals surface area contributed by atoms with Crippen LogP contribution >= 0.6 is 0 Å². The Morgan fingerprint density at radius 3 is 2.38 bits per heavy atom. The van der Waals surface area contributed by atoms with Crippen molar-refractivity contribution >= 4 is 11.6 Å². The number of aromatic nitrogens is 2. The van der Waals surface area contributed by atoms with Gasteiger partial charge in [0.2, 0.25) is 5.75 Å². The molecule has 6 nitrogen and oxygen atoms in total. The number of nitrogens with zero attached hydrogens (tertiary/aromatic N) is 3. The van der Waals surface area contributed by atoms with Gasteiger partial charge >= 0.3 is 0 Å². The number of ether oxygens (including phenoxy) is 1. The molecule has 6 heteroatoms. The fraction of sp³-hybridized carbons (Fsp3) is 0.733. The van der Waals surface area contributed by atoms with Crippen molar-refractivity contribution in [3.05, 3.63) is 6.33 Å². The highest BCUT2D eigenvalue weighted by Gasteiger charge is 2.39. The Hall–Kier alpha value is -1.56. The van der Waals surface area contributed by atoms with Crippen molar-refractivity contribution in [2.75, 3.05) is 44.9 Å². The molecule has 0 bridgehead atoms. The van der Waals surface area contributed by atoms with Crippen LogP contribution in [0.25, 0.3) is 0 Å². The van der Waals surface area contributed by atoms with Gasteiger partial charge in [-0.25, -0.2) is 9.97 Å². The third-order valence-corrected chi connectivity index (χ3v) is 4.37. The van der Waals surface area contributed by atoms with Crippen LogP contribution in [-0.2, 0) is 0 Å². The number of nitrogens with one attached hydrogen (secondary N) is 2. The maximum atomic E-state index is 5.49. The van der Waals surface area contributed by atoms with E-state index < -0.39 is 0 Å². The van der Waals surface area contributed by atoms with Gasteiger partial charge in [0.25, 0.3) is 0 Å². The lowest BCUT2D eigenvalue weighted by Gasteiger charge is -2.47. The monoisotopic (exact) mass is 293 g/mol. The van der Waals surface area contributed by atoms with Crippen molar-refractivity contribution < 1.29 is 4.74 Å². The molecule has 0 amide bonds. The van der Waals surface area contributed by atoms with Crippen molar-refractivity contribution in [2.24, 2.45) is 0 Å². The van der Waals surface area contributed by atoms with Gasteiger partial charge in [0.15, 0.2) is 11.6 Å². The molecular formula is C15H27N5O. The summed E-state index contributed by atoms with van der Waals surface area (Å²) in [5, 5.41) is 6.72.